The van der Waals surface area contributed by atoms with Crippen molar-refractivity contribution < 1.29 is 43.8 Å². The van der Waals surface area contributed by atoms with Gasteiger partial charge in [0, 0.05) is 11.5 Å². The van der Waals surface area contributed by atoms with Crippen LogP contribution in [0.15, 0.2) is 48.5 Å². The van der Waals surface area contributed by atoms with Crippen molar-refractivity contribution in [2.75, 3.05) is 34.5 Å². The molecular weight excluding hydrogens is 504 g/mol. The molecule has 4 atom stereocenters. The van der Waals surface area contributed by atoms with Crippen molar-refractivity contribution in [3.63, 3.8) is 0 Å². The number of carbonyl (C=O) groups excluding carboxylic acids is 1. The number of fused-ring (bicyclic) bond motifs is 1. The van der Waals surface area contributed by atoms with Crippen LogP contribution in [0.3, 0.4) is 0 Å². The number of ether oxygens (including phenoxy) is 5. The maximum atomic E-state index is 12.7. The number of carbonyl (C=O) groups is 1. The van der Waals surface area contributed by atoms with E-state index >= 15 is 0 Å². The number of benzene rings is 3. The predicted octanol–water partition coefficient (Wildman–Crippen LogP) is 3.91. The number of aliphatic hydroxyl groups is 1. The second kappa shape index (κ2) is 10.9. The summed E-state index contributed by atoms with van der Waals surface area (Å²) in [6.07, 6.45) is 0.512. The molecule has 5 rings (SSSR count). The summed E-state index contributed by atoms with van der Waals surface area (Å²) in [5, 5.41) is 30.3. The van der Waals surface area contributed by atoms with Gasteiger partial charge in [0.2, 0.25) is 0 Å². The van der Waals surface area contributed by atoms with E-state index < -0.39 is 6.10 Å². The molecule has 1 fully saturated rings. The van der Waals surface area contributed by atoms with Gasteiger partial charge in [-0.05, 0) is 59.9 Å². The van der Waals surface area contributed by atoms with E-state index in [4.69, 9.17) is 23.7 Å². The van der Waals surface area contributed by atoms with Crippen molar-refractivity contribution in [1.82, 2.24) is 0 Å². The lowest BCUT2D eigenvalue weighted by molar-refractivity contribution is -0.141. The number of aromatic hydroxyl groups is 2. The van der Waals surface area contributed by atoms with Gasteiger partial charge in [0.15, 0.2) is 34.5 Å². The number of cyclic esters (lactones) is 1. The summed E-state index contributed by atoms with van der Waals surface area (Å²) < 4.78 is 27.9. The van der Waals surface area contributed by atoms with E-state index in [0.29, 0.717) is 42.4 Å². The fourth-order valence-electron chi connectivity index (χ4n) is 5.55. The third-order valence-electron chi connectivity index (χ3n) is 7.61. The molecule has 2 heterocycles. The van der Waals surface area contributed by atoms with Gasteiger partial charge in [-0.25, -0.2) is 0 Å². The molecular formula is C30H32O9. The van der Waals surface area contributed by atoms with Gasteiger partial charge in [0.25, 0.3) is 0 Å². The standard InChI is InChI=1S/C30H32O9/c1-35-25-11-16(4-6-23(25)32)9-20-19(15-38-30(20)34)8-17-10-21-22(14-31)28(39-29(21)27(12-17)37-3)18-5-7-24(33)26(13-18)36-2/h4-7,10-13,19-20,22,28,31-33H,8-9,14-15H2,1-3H3/t19-,20+,22-,28+/m0/s1. The van der Waals surface area contributed by atoms with Crippen LogP contribution in [0.4, 0.5) is 0 Å². The number of methoxy groups -OCH3 is 3. The van der Waals surface area contributed by atoms with Crippen LogP contribution in [-0.4, -0.2) is 55.8 Å². The molecule has 0 amide bonds. The lowest BCUT2D eigenvalue weighted by Gasteiger charge is -2.19. The molecule has 9 nitrogen and oxygen atoms in total. The predicted molar refractivity (Wildman–Crippen MR) is 141 cm³/mol. The summed E-state index contributed by atoms with van der Waals surface area (Å²) in [6, 6.07) is 14.0. The number of hydrogen-bond acceptors (Lipinski definition) is 9. The maximum Gasteiger partial charge on any atom is 0.309 e. The first-order chi connectivity index (χ1) is 18.9. The summed E-state index contributed by atoms with van der Waals surface area (Å²) in [6.45, 7) is 0.137. The molecule has 0 aliphatic carbocycles. The number of rotatable bonds is 9. The van der Waals surface area contributed by atoms with E-state index in [1.807, 2.05) is 12.1 Å². The van der Waals surface area contributed by atoms with E-state index in [1.165, 1.54) is 14.2 Å². The first-order valence-corrected chi connectivity index (χ1v) is 12.7. The van der Waals surface area contributed by atoms with Crippen LogP contribution in [0.5, 0.6) is 34.5 Å². The van der Waals surface area contributed by atoms with E-state index in [1.54, 1.807) is 43.5 Å². The minimum absolute atomic E-state index is 0.0193. The number of hydrogen-bond donors (Lipinski definition) is 3. The number of aliphatic hydroxyl groups excluding tert-OH is 1. The van der Waals surface area contributed by atoms with Crippen molar-refractivity contribution in [2.45, 2.75) is 24.9 Å². The van der Waals surface area contributed by atoms with Crippen molar-refractivity contribution in [1.29, 1.82) is 0 Å². The molecule has 2 aliphatic heterocycles. The topological polar surface area (TPSA) is 124 Å². The molecule has 9 heteroatoms. The summed E-state index contributed by atoms with van der Waals surface area (Å²) >= 11 is 0. The highest BCUT2D eigenvalue weighted by Gasteiger charge is 2.40. The summed E-state index contributed by atoms with van der Waals surface area (Å²) in [5.74, 6) is 0.778. The zero-order chi connectivity index (χ0) is 27.7. The zero-order valence-electron chi connectivity index (χ0n) is 22.0. The smallest absolute Gasteiger partial charge is 0.309 e. The van der Waals surface area contributed by atoms with Crippen molar-refractivity contribution in [3.8, 4) is 34.5 Å². The highest BCUT2D eigenvalue weighted by Crippen LogP contribution is 2.51. The zero-order valence-corrected chi connectivity index (χ0v) is 22.0. The first-order valence-electron chi connectivity index (χ1n) is 12.7. The summed E-state index contributed by atoms with van der Waals surface area (Å²) in [5.41, 5.74) is 3.37. The van der Waals surface area contributed by atoms with Gasteiger partial charge in [-0.2, -0.15) is 0 Å². The molecule has 2 aliphatic rings. The lowest BCUT2D eigenvalue weighted by Crippen LogP contribution is -2.21. The fraction of sp³-hybridized carbons (Fsp3) is 0.367. The van der Waals surface area contributed by atoms with Crippen molar-refractivity contribution in [3.05, 3.63) is 70.8 Å². The van der Waals surface area contributed by atoms with Gasteiger partial charge >= 0.3 is 5.97 Å². The van der Waals surface area contributed by atoms with Crippen molar-refractivity contribution in [2.24, 2.45) is 11.8 Å². The normalized spacial score (nSPS) is 21.7. The van der Waals surface area contributed by atoms with Gasteiger partial charge < -0.3 is 39.0 Å². The van der Waals surface area contributed by atoms with Crippen LogP contribution >= 0.6 is 0 Å². The third-order valence-corrected chi connectivity index (χ3v) is 7.61. The number of phenolic OH excluding ortho intramolecular Hbond substituents is 2. The fourth-order valence-corrected chi connectivity index (χ4v) is 5.55. The summed E-state index contributed by atoms with van der Waals surface area (Å²) in [4.78, 5) is 12.7. The van der Waals surface area contributed by atoms with E-state index in [2.05, 4.69) is 0 Å². The van der Waals surface area contributed by atoms with E-state index in [0.717, 1.165) is 22.3 Å². The van der Waals surface area contributed by atoms with Crippen molar-refractivity contribution >= 4 is 5.97 Å². The largest absolute Gasteiger partial charge is 0.504 e. The molecule has 0 unspecified atom stereocenters. The average molecular weight is 537 g/mol. The van der Waals surface area contributed by atoms with Crippen LogP contribution in [0.25, 0.3) is 0 Å². The van der Waals surface area contributed by atoms with Crippen LogP contribution < -0.4 is 18.9 Å². The molecule has 3 N–H and O–H groups in total. The molecule has 0 radical (unpaired) electrons. The minimum atomic E-state index is -0.503. The van der Waals surface area contributed by atoms with Crippen LogP contribution in [0.2, 0.25) is 0 Å². The van der Waals surface area contributed by atoms with E-state index in [-0.39, 0.29) is 41.8 Å². The van der Waals surface area contributed by atoms with Crippen LogP contribution in [0.1, 0.15) is 34.3 Å². The molecule has 206 valence electrons. The Morgan fingerprint density at radius 3 is 2.18 bits per heavy atom. The molecule has 3 aromatic carbocycles. The van der Waals surface area contributed by atoms with Crippen LogP contribution in [0, 0.1) is 11.8 Å². The Kier molecular flexibility index (Phi) is 7.43. The number of phenols is 2. The van der Waals surface area contributed by atoms with Gasteiger partial charge in [-0.15, -0.1) is 0 Å². The van der Waals surface area contributed by atoms with E-state index in [9.17, 15) is 20.1 Å². The molecule has 0 saturated carbocycles. The van der Waals surface area contributed by atoms with Crippen LogP contribution in [-0.2, 0) is 22.4 Å². The molecule has 0 spiro atoms. The molecule has 0 bridgehead atoms. The molecule has 0 aromatic heterocycles. The highest BCUT2D eigenvalue weighted by molar-refractivity contribution is 5.75. The first kappa shape index (κ1) is 26.5. The Morgan fingerprint density at radius 2 is 1.49 bits per heavy atom. The maximum absolute atomic E-state index is 12.7. The Hall–Kier alpha value is -4.11. The second-order valence-corrected chi connectivity index (χ2v) is 9.89. The third kappa shape index (κ3) is 5.02. The Bertz CT molecular complexity index is 1370. The molecule has 3 aromatic rings. The molecule has 1 saturated heterocycles. The molecule has 39 heavy (non-hydrogen) atoms. The number of esters is 1. The second-order valence-electron chi connectivity index (χ2n) is 9.89. The average Bonchev–Trinajstić information content (AvgIpc) is 3.49. The summed E-state index contributed by atoms with van der Waals surface area (Å²) in [7, 11) is 4.53. The van der Waals surface area contributed by atoms with Gasteiger partial charge in [-0.3, -0.25) is 4.79 Å². The quantitative estimate of drug-likeness (QED) is 0.349. The Morgan fingerprint density at radius 1 is 0.821 bits per heavy atom. The SMILES string of the molecule is COc1cc(C[C@H]2C(=O)OC[C@@H]2Cc2cc(OC)c3c(c2)[C@H](CO)[C@@H](c2ccc(O)c(OC)c2)O3)ccc1O. The minimum Gasteiger partial charge on any atom is -0.504 e. The van der Waals surface area contributed by atoms with Gasteiger partial charge in [0.05, 0.1) is 46.4 Å². The van der Waals surface area contributed by atoms with Gasteiger partial charge in [-0.1, -0.05) is 18.2 Å². The van der Waals surface area contributed by atoms with Gasteiger partial charge in [0.1, 0.15) is 6.10 Å². The Balaban J connectivity index is 1.41. The Labute approximate surface area is 226 Å². The highest BCUT2D eigenvalue weighted by atomic mass is 16.5. The monoisotopic (exact) mass is 536 g/mol. The lowest BCUT2D eigenvalue weighted by atomic mass is 9.83.